The van der Waals surface area contributed by atoms with E-state index in [9.17, 15) is 4.79 Å². The first kappa shape index (κ1) is 13.9. The van der Waals surface area contributed by atoms with Gasteiger partial charge >= 0.3 is 5.97 Å². The smallest absolute Gasteiger partial charge is 0.344 e. The maximum absolute atomic E-state index is 11.6. The normalized spacial score (nSPS) is 9.85. The lowest BCUT2D eigenvalue weighted by Crippen LogP contribution is -2.15. The SMILES string of the molecule is COc1ccccc1COC(=O)COc1[c]cccc1. The summed E-state index contributed by atoms with van der Waals surface area (Å²) in [5.74, 6) is 0.771. The van der Waals surface area contributed by atoms with E-state index in [-0.39, 0.29) is 13.2 Å². The number of methoxy groups -OCH3 is 1. The number of ether oxygens (including phenoxy) is 3. The molecule has 0 aliphatic carbocycles. The number of carbonyl (C=O) groups excluding carboxylic acids is 1. The largest absolute Gasteiger partial charge is 0.496 e. The molecule has 0 saturated carbocycles. The molecular weight excluding hydrogens is 256 g/mol. The summed E-state index contributed by atoms with van der Waals surface area (Å²) in [4.78, 5) is 11.6. The molecule has 0 aliphatic rings. The maximum atomic E-state index is 11.6. The molecule has 2 rings (SSSR count). The van der Waals surface area contributed by atoms with Gasteiger partial charge in [0.1, 0.15) is 18.1 Å². The molecule has 0 atom stereocenters. The van der Waals surface area contributed by atoms with E-state index in [1.165, 1.54) is 0 Å². The van der Waals surface area contributed by atoms with Gasteiger partial charge in [-0.05, 0) is 12.1 Å². The molecule has 1 radical (unpaired) electrons. The molecule has 0 spiro atoms. The molecule has 0 N–H and O–H groups in total. The molecule has 0 aliphatic heterocycles. The van der Waals surface area contributed by atoms with Gasteiger partial charge < -0.3 is 14.2 Å². The number of para-hydroxylation sites is 2. The Morgan fingerprint density at radius 1 is 1.15 bits per heavy atom. The first-order valence-electron chi connectivity index (χ1n) is 6.16. The fraction of sp³-hybridized carbons (Fsp3) is 0.188. The van der Waals surface area contributed by atoms with Gasteiger partial charge in [0.05, 0.1) is 7.11 Å². The topological polar surface area (TPSA) is 44.8 Å². The number of esters is 1. The van der Waals surface area contributed by atoms with Crippen molar-refractivity contribution in [3.05, 3.63) is 60.2 Å². The Morgan fingerprint density at radius 2 is 1.95 bits per heavy atom. The zero-order chi connectivity index (χ0) is 14.2. The van der Waals surface area contributed by atoms with Crippen LogP contribution < -0.4 is 9.47 Å². The number of benzene rings is 2. The van der Waals surface area contributed by atoms with E-state index in [1.807, 2.05) is 36.4 Å². The predicted octanol–water partition coefficient (Wildman–Crippen LogP) is 2.62. The Hall–Kier alpha value is -2.49. The van der Waals surface area contributed by atoms with Gasteiger partial charge in [0.15, 0.2) is 6.61 Å². The van der Waals surface area contributed by atoms with Gasteiger partial charge in [-0.3, -0.25) is 0 Å². The highest BCUT2D eigenvalue weighted by Crippen LogP contribution is 2.18. The Labute approximate surface area is 117 Å². The quantitative estimate of drug-likeness (QED) is 0.758. The van der Waals surface area contributed by atoms with Crippen LogP contribution in [0.25, 0.3) is 0 Å². The third-order valence-corrected chi connectivity index (χ3v) is 2.61. The summed E-state index contributed by atoms with van der Waals surface area (Å²) in [5, 5.41) is 0. The van der Waals surface area contributed by atoms with Crippen LogP contribution in [0.3, 0.4) is 0 Å². The first-order chi connectivity index (χ1) is 9.79. The van der Waals surface area contributed by atoms with Crippen molar-refractivity contribution in [3.63, 3.8) is 0 Å². The van der Waals surface area contributed by atoms with Crippen molar-refractivity contribution in [2.75, 3.05) is 13.7 Å². The first-order valence-corrected chi connectivity index (χ1v) is 6.16. The van der Waals surface area contributed by atoms with Gasteiger partial charge in [-0.1, -0.05) is 36.4 Å². The number of hydrogen-bond donors (Lipinski definition) is 0. The summed E-state index contributed by atoms with van der Waals surface area (Å²) in [5.41, 5.74) is 0.814. The predicted molar refractivity (Wildman–Crippen MR) is 73.6 cm³/mol. The summed E-state index contributed by atoms with van der Waals surface area (Å²) in [6.07, 6.45) is 0. The second-order valence-electron chi connectivity index (χ2n) is 3.99. The number of rotatable bonds is 6. The molecule has 0 saturated heterocycles. The van der Waals surface area contributed by atoms with Crippen LogP contribution in [0.4, 0.5) is 0 Å². The van der Waals surface area contributed by atoms with E-state index in [1.54, 1.807) is 19.2 Å². The van der Waals surface area contributed by atoms with Crippen molar-refractivity contribution in [2.45, 2.75) is 6.61 Å². The van der Waals surface area contributed by atoms with Gasteiger partial charge in [-0.2, -0.15) is 0 Å². The number of carbonyl (C=O) groups is 1. The molecule has 0 amide bonds. The van der Waals surface area contributed by atoms with Crippen molar-refractivity contribution in [1.29, 1.82) is 0 Å². The van der Waals surface area contributed by atoms with Crippen LogP contribution in [-0.4, -0.2) is 19.7 Å². The van der Waals surface area contributed by atoms with E-state index < -0.39 is 5.97 Å². The maximum Gasteiger partial charge on any atom is 0.344 e. The van der Waals surface area contributed by atoms with Gasteiger partial charge in [-0.25, -0.2) is 4.79 Å². The molecule has 4 heteroatoms. The number of hydrogen-bond acceptors (Lipinski definition) is 4. The van der Waals surface area contributed by atoms with Crippen LogP contribution in [-0.2, 0) is 16.1 Å². The average Bonchev–Trinajstić information content (AvgIpc) is 2.52. The van der Waals surface area contributed by atoms with E-state index in [2.05, 4.69) is 6.07 Å². The standard InChI is InChI=1S/C16H15O4/c1-18-15-10-6-5-7-13(15)11-20-16(17)12-19-14-8-3-2-4-9-14/h2-8,10H,11-12H2,1H3. The van der Waals surface area contributed by atoms with Crippen molar-refractivity contribution in [3.8, 4) is 11.5 Å². The van der Waals surface area contributed by atoms with Gasteiger partial charge in [0.25, 0.3) is 0 Å². The van der Waals surface area contributed by atoms with E-state index >= 15 is 0 Å². The zero-order valence-corrected chi connectivity index (χ0v) is 11.2. The van der Waals surface area contributed by atoms with Crippen molar-refractivity contribution in [1.82, 2.24) is 0 Å². The Kier molecular flexibility index (Phi) is 5.00. The second kappa shape index (κ2) is 7.19. The molecule has 0 unspecified atom stereocenters. The summed E-state index contributed by atoms with van der Waals surface area (Å²) in [6.45, 7) is 0.0143. The van der Waals surface area contributed by atoms with E-state index in [0.717, 1.165) is 5.56 Å². The van der Waals surface area contributed by atoms with Crippen molar-refractivity contribution < 1.29 is 19.0 Å². The molecule has 0 bridgehead atoms. The summed E-state index contributed by atoms with van der Waals surface area (Å²) < 4.78 is 15.6. The highest BCUT2D eigenvalue weighted by Gasteiger charge is 2.07. The third-order valence-electron chi connectivity index (χ3n) is 2.61. The minimum atomic E-state index is -0.437. The van der Waals surface area contributed by atoms with Gasteiger partial charge in [0.2, 0.25) is 0 Å². The summed E-state index contributed by atoms with van der Waals surface area (Å²) in [6, 6.07) is 17.3. The molecule has 0 heterocycles. The van der Waals surface area contributed by atoms with Crippen LogP contribution in [0.1, 0.15) is 5.56 Å². The van der Waals surface area contributed by atoms with Crippen LogP contribution in [0.15, 0.2) is 48.5 Å². The summed E-state index contributed by atoms with van der Waals surface area (Å²) >= 11 is 0. The monoisotopic (exact) mass is 271 g/mol. The van der Waals surface area contributed by atoms with Gasteiger partial charge in [0, 0.05) is 11.6 Å². The minimum Gasteiger partial charge on any atom is -0.496 e. The third kappa shape index (κ3) is 4.02. The Morgan fingerprint density at radius 3 is 2.70 bits per heavy atom. The lowest BCUT2D eigenvalue weighted by Gasteiger charge is -2.09. The molecule has 2 aromatic rings. The Balaban J connectivity index is 1.80. The van der Waals surface area contributed by atoms with Crippen LogP contribution in [0, 0.1) is 6.07 Å². The molecule has 20 heavy (non-hydrogen) atoms. The Bertz CT molecular complexity index is 551. The van der Waals surface area contributed by atoms with Crippen LogP contribution in [0.2, 0.25) is 0 Å². The highest BCUT2D eigenvalue weighted by atomic mass is 16.6. The second-order valence-corrected chi connectivity index (χ2v) is 3.99. The minimum absolute atomic E-state index is 0.143. The van der Waals surface area contributed by atoms with Crippen molar-refractivity contribution >= 4 is 5.97 Å². The molecule has 0 fully saturated rings. The lowest BCUT2D eigenvalue weighted by atomic mass is 10.2. The zero-order valence-electron chi connectivity index (χ0n) is 11.2. The molecule has 103 valence electrons. The van der Waals surface area contributed by atoms with Crippen LogP contribution >= 0.6 is 0 Å². The highest BCUT2D eigenvalue weighted by molar-refractivity contribution is 5.71. The average molecular weight is 271 g/mol. The molecule has 2 aromatic carbocycles. The fourth-order valence-electron chi connectivity index (χ4n) is 1.63. The molecule has 0 aromatic heterocycles. The lowest BCUT2D eigenvalue weighted by molar-refractivity contribution is -0.147. The van der Waals surface area contributed by atoms with Crippen LogP contribution in [0.5, 0.6) is 11.5 Å². The van der Waals surface area contributed by atoms with E-state index in [0.29, 0.717) is 11.5 Å². The van der Waals surface area contributed by atoms with Gasteiger partial charge in [-0.15, -0.1) is 0 Å². The summed E-state index contributed by atoms with van der Waals surface area (Å²) in [7, 11) is 1.58. The fourth-order valence-corrected chi connectivity index (χ4v) is 1.63. The molecule has 4 nitrogen and oxygen atoms in total. The van der Waals surface area contributed by atoms with Crippen molar-refractivity contribution in [2.24, 2.45) is 0 Å². The molecular formula is C16H15O4. The van der Waals surface area contributed by atoms with E-state index in [4.69, 9.17) is 14.2 Å².